The molecule has 2 aromatic carbocycles. The lowest BCUT2D eigenvalue weighted by Gasteiger charge is -2.09. The third-order valence-electron chi connectivity index (χ3n) is 5.47. The van der Waals surface area contributed by atoms with E-state index in [2.05, 4.69) is 49.3 Å². The Balaban J connectivity index is 1.21. The molecule has 2 heterocycles. The molecule has 33 heavy (non-hydrogen) atoms. The van der Waals surface area contributed by atoms with E-state index in [-0.39, 0.29) is 12.3 Å². The monoisotopic (exact) mass is 475 g/mol. The molecule has 0 bridgehead atoms. The second-order valence-corrected chi connectivity index (χ2v) is 10.2. The summed E-state index contributed by atoms with van der Waals surface area (Å²) in [4.78, 5) is 17.0. The molecule has 1 N–H and O–H groups in total. The number of thioether (sulfide) groups is 1. The quantitative estimate of drug-likeness (QED) is 0.326. The normalized spacial score (nSPS) is 13.2. The number of carbonyl (C=O) groups is 1. The minimum atomic E-state index is -0.0518. The molecule has 0 saturated heterocycles. The number of nitrogens with zero attached hydrogens (tertiary/aromatic N) is 4. The summed E-state index contributed by atoms with van der Waals surface area (Å²) in [5.74, 6) is 2.28. The number of rotatable bonds is 9. The second kappa shape index (κ2) is 9.89. The second-order valence-electron chi connectivity index (χ2n) is 8.30. The number of aromatic nitrogens is 4. The Morgan fingerprint density at radius 1 is 1.12 bits per heavy atom. The van der Waals surface area contributed by atoms with Gasteiger partial charge in [-0.25, -0.2) is 4.98 Å². The van der Waals surface area contributed by atoms with E-state index in [4.69, 9.17) is 0 Å². The highest BCUT2D eigenvalue weighted by Gasteiger charge is 2.30. The first-order valence-corrected chi connectivity index (χ1v) is 12.9. The Morgan fingerprint density at radius 3 is 2.67 bits per heavy atom. The number of amides is 1. The van der Waals surface area contributed by atoms with Crippen molar-refractivity contribution < 1.29 is 4.79 Å². The topological polar surface area (TPSA) is 72.7 Å². The Hall–Kier alpha value is -2.97. The lowest BCUT2D eigenvalue weighted by Crippen LogP contribution is -2.14. The molecular weight excluding hydrogens is 450 g/mol. The van der Waals surface area contributed by atoms with Crippen LogP contribution in [0.3, 0.4) is 0 Å². The van der Waals surface area contributed by atoms with Crippen LogP contribution in [0.2, 0.25) is 0 Å². The number of anilines is 1. The van der Waals surface area contributed by atoms with Crippen LogP contribution in [0.4, 0.5) is 5.69 Å². The summed E-state index contributed by atoms with van der Waals surface area (Å²) in [7, 11) is 0. The lowest BCUT2D eigenvalue weighted by molar-refractivity contribution is -0.115. The summed E-state index contributed by atoms with van der Waals surface area (Å²) in [6.45, 7) is 2.81. The van der Waals surface area contributed by atoms with Crippen molar-refractivity contribution in [1.29, 1.82) is 0 Å². The van der Waals surface area contributed by atoms with E-state index >= 15 is 0 Å². The van der Waals surface area contributed by atoms with Gasteiger partial charge in [0.1, 0.15) is 10.8 Å². The number of aryl methyl sites for hydroxylation is 1. The molecule has 1 aliphatic carbocycles. The van der Waals surface area contributed by atoms with E-state index in [1.165, 1.54) is 35.3 Å². The molecule has 1 aliphatic rings. The van der Waals surface area contributed by atoms with Crippen molar-refractivity contribution in [3.63, 3.8) is 0 Å². The number of carbonyl (C=O) groups excluding carboxylic acids is 1. The summed E-state index contributed by atoms with van der Waals surface area (Å²) < 4.78 is 2.25. The summed E-state index contributed by atoms with van der Waals surface area (Å²) in [6, 6.07) is 18.2. The average molecular weight is 476 g/mol. The fraction of sp³-hybridized carbons (Fsp3) is 0.280. The largest absolute Gasteiger partial charge is 0.326 e. The molecule has 168 valence electrons. The van der Waals surface area contributed by atoms with Crippen molar-refractivity contribution in [2.75, 3.05) is 5.32 Å². The molecule has 0 unspecified atom stereocenters. The maximum absolute atomic E-state index is 12.4. The highest BCUT2D eigenvalue weighted by atomic mass is 32.2. The zero-order chi connectivity index (χ0) is 22.6. The molecule has 1 fully saturated rings. The molecule has 0 radical (unpaired) electrons. The Bertz CT molecular complexity index is 1230. The predicted molar refractivity (Wildman–Crippen MR) is 133 cm³/mol. The van der Waals surface area contributed by atoms with Crippen LogP contribution in [-0.4, -0.2) is 25.7 Å². The third-order valence-corrected chi connectivity index (χ3v) is 7.36. The Kier molecular flexibility index (Phi) is 6.55. The van der Waals surface area contributed by atoms with Crippen LogP contribution in [0.5, 0.6) is 0 Å². The SMILES string of the molecule is Cc1ccc(NC(=O)Cc2nc(CSc3nnc(C4CC4)n3Cc3ccccc3)cs2)cc1. The summed E-state index contributed by atoms with van der Waals surface area (Å²) >= 11 is 3.18. The Labute approximate surface area is 201 Å². The van der Waals surface area contributed by atoms with Gasteiger partial charge in [0.05, 0.1) is 18.7 Å². The zero-order valence-corrected chi connectivity index (χ0v) is 20.0. The zero-order valence-electron chi connectivity index (χ0n) is 18.4. The smallest absolute Gasteiger partial charge is 0.231 e. The van der Waals surface area contributed by atoms with E-state index in [9.17, 15) is 4.79 Å². The standard InChI is InChI=1S/C25H25N5OS2/c1-17-7-11-20(12-8-17)26-22(31)13-23-27-21(15-32-23)16-33-25-29-28-24(19-9-10-19)30(25)14-18-5-3-2-4-6-18/h2-8,11-12,15,19H,9-10,13-14,16H2,1H3,(H,26,31). The molecule has 8 heteroatoms. The molecule has 2 aromatic heterocycles. The molecule has 1 saturated carbocycles. The van der Waals surface area contributed by atoms with Crippen LogP contribution in [0, 0.1) is 6.92 Å². The molecule has 0 atom stereocenters. The molecule has 6 nitrogen and oxygen atoms in total. The Morgan fingerprint density at radius 2 is 1.91 bits per heavy atom. The van der Waals surface area contributed by atoms with Gasteiger partial charge in [-0.1, -0.05) is 59.8 Å². The van der Waals surface area contributed by atoms with Crippen molar-refractivity contribution >= 4 is 34.7 Å². The van der Waals surface area contributed by atoms with Crippen molar-refractivity contribution in [1.82, 2.24) is 19.7 Å². The van der Waals surface area contributed by atoms with Gasteiger partial charge in [-0.15, -0.1) is 21.5 Å². The summed E-state index contributed by atoms with van der Waals surface area (Å²) in [5.41, 5.74) is 4.18. The number of hydrogen-bond donors (Lipinski definition) is 1. The van der Waals surface area contributed by atoms with Gasteiger partial charge in [0, 0.05) is 22.7 Å². The van der Waals surface area contributed by atoms with E-state index in [0.29, 0.717) is 11.7 Å². The van der Waals surface area contributed by atoms with Gasteiger partial charge in [-0.3, -0.25) is 4.79 Å². The van der Waals surface area contributed by atoms with Crippen LogP contribution < -0.4 is 5.32 Å². The number of nitrogens with one attached hydrogen (secondary N) is 1. The fourth-order valence-electron chi connectivity index (χ4n) is 3.58. The van der Waals surface area contributed by atoms with E-state index in [1.54, 1.807) is 11.8 Å². The van der Waals surface area contributed by atoms with Gasteiger partial charge >= 0.3 is 0 Å². The van der Waals surface area contributed by atoms with Crippen LogP contribution in [0.15, 0.2) is 65.1 Å². The van der Waals surface area contributed by atoms with E-state index < -0.39 is 0 Å². The number of benzene rings is 2. The highest BCUT2D eigenvalue weighted by molar-refractivity contribution is 7.98. The van der Waals surface area contributed by atoms with Gasteiger partial charge in [-0.2, -0.15) is 0 Å². The van der Waals surface area contributed by atoms with Gasteiger partial charge in [0.15, 0.2) is 5.16 Å². The van der Waals surface area contributed by atoms with Crippen molar-refractivity contribution in [3.05, 3.63) is 87.6 Å². The van der Waals surface area contributed by atoms with Crippen LogP contribution in [0.25, 0.3) is 0 Å². The van der Waals surface area contributed by atoms with Gasteiger partial charge in [0.25, 0.3) is 0 Å². The third kappa shape index (κ3) is 5.69. The fourth-order valence-corrected chi connectivity index (χ4v) is 5.31. The molecule has 1 amide bonds. The number of thiazole rings is 1. The molecule has 5 rings (SSSR count). The lowest BCUT2D eigenvalue weighted by atomic mass is 10.2. The van der Waals surface area contributed by atoms with E-state index in [1.807, 2.05) is 42.6 Å². The van der Waals surface area contributed by atoms with Crippen molar-refractivity contribution in [2.45, 2.75) is 49.6 Å². The maximum Gasteiger partial charge on any atom is 0.231 e. The van der Waals surface area contributed by atoms with Gasteiger partial charge < -0.3 is 9.88 Å². The molecule has 0 aliphatic heterocycles. The average Bonchev–Trinajstić information content (AvgIpc) is 3.44. The first kappa shape index (κ1) is 21.9. The summed E-state index contributed by atoms with van der Waals surface area (Å²) in [6.07, 6.45) is 2.66. The summed E-state index contributed by atoms with van der Waals surface area (Å²) in [5, 5.41) is 15.7. The van der Waals surface area contributed by atoms with Crippen LogP contribution in [0.1, 0.15) is 46.4 Å². The van der Waals surface area contributed by atoms with Crippen LogP contribution in [-0.2, 0) is 23.5 Å². The minimum Gasteiger partial charge on any atom is -0.326 e. The van der Waals surface area contributed by atoms with Crippen molar-refractivity contribution in [2.24, 2.45) is 0 Å². The van der Waals surface area contributed by atoms with Gasteiger partial charge in [-0.05, 0) is 37.5 Å². The number of hydrogen-bond acceptors (Lipinski definition) is 6. The van der Waals surface area contributed by atoms with E-state index in [0.717, 1.165) is 33.9 Å². The molecule has 0 spiro atoms. The first-order chi connectivity index (χ1) is 16.1. The molecular formula is C25H25N5OS2. The van der Waals surface area contributed by atoms with Crippen LogP contribution >= 0.6 is 23.1 Å². The van der Waals surface area contributed by atoms with Gasteiger partial charge in [0.2, 0.25) is 5.91 Å². The van der Waals surface area contributed by atoms with Crippen molar-refractivity contribution in [3.8, 4) is 0 Å². The first-order valence-electron chi connectivity index (χ1n) is 11.0. The minimum absolute atomic E-state index is 0.0518. The molecule has 4 aromatic rings. The highest BCUT2D eigenvalue weighted by Crippen LogP contribution is 2.40. The maximum atomic E-state index is 12.4. The predicted octanol–water partition coefficient (Wildman–Crippen LogP) is 5.44.